The number of carbonyl (C=O) groups excluding carboxylic acids is 1. The Morgan fingerprint density at radius 2 is 2.40 bits per heavy atom. The molecule has 10 heavy (non-hydrogen) atoms. The Hall–Kier alpha value is -1.04. The molecule has 0 N–H and O–H groups in total. The van der Waals surface area contributed by atoms with Crippen LogP contribution in [0, 0.1) is 17.2 Å². The van der Waals surface area contributed by atoms with E-state index >= 15 is 0 Å². The molecule has 3 heteroatoms. The maximum atomic E-state index is 10.5. The van der Waals surface area contributed by atoms with Gasteiger partial charge < -0.3 is 4.74 Å². The highest BCUT2D eigenvalue weighted by Gasteiger charge is 2.02. The summed E-state index contributed by atoms with van der Waals surface area (Å²) in [7, 11) is 0. The topological polar surface area (TPSA) is 50.1 Å². The molecule has 0 bridgehead atoms. The van der Waals surface area contributed by atoms with Gasteiger partial charge in [-0.1, -0.05) is 6.92 Å². The van der Waals surface area contributed by atoms with Gasteiger partial charge in [0.15, 0.2) is 0 Å². The van der Waals surface area contributed by atoms with E-state index in [0.717, 1.165) is 0 Å². The summed E-state index contributed by atoms with van der Waals surface area (Å²) in [6, 6.07) is 1.97. The fourth-order valence-electron chi connectivity index (χ4n) is 0.357. The zero-order valence-corrected chi connectivity index (χ0v) is 6.26. The van der Waals surface area contributed by atoms with Crippen molar-refractivity contribution in [3.05, 3.63) is 0 Å². The molecule has 0 aliphatic heterocycles. The summed E-state index contributed by atoms with van der Waals surface area (Å²) in [5, 5.41) is 8.28. The van der Waals surface area contributed by atoms with Crippen molar-refractivity contribution in [2.24, 2.45) is 5.92 Å². The number of rotatable bonds is 3. The summed E-state index contributed by atoms with van der Waals surface area (Å²) in [4.78, 5) is 10.5. The van der Waals surface area contributed by atoms with Gasteiger partial charge in [0.25, 0.3) is 0 Å². The molecule has 0 saturated heterocycles. The van der Waals surface area contributed by atoms with Gasteiger partial charge in [-0.05, 0) is 6.92 Å². The Balaban J connectivity index is 3.37. The van der Waals surface area contributed by atoms with Gasteiger partial charge in [0.2, 0.25) is 0 Å². The van der Waals surface area contributed by atoms with Crippen LogP contribution in [0.3, 0.4) is 0 Å². The van der Waals surface area contributed by atoms with E-state index in [1.807, 2.05) is 6.07 Å². The van der Waals surface area contributed by atoms with Crippen molar-refractivity contribution in [2.75, 3.05) is 6.61 Å². The lowest BCUT2D eigenvalue weighted by molar-refractivity contribution is -0.143. The zero-order chi connectivity index (χ0) is 7.98. The molecule has 0 amide bonds. The molecule has 0 aromatic rings. The molecular weight excluding hydrogens is 130 g/mol. The maximum Gasteiger partial charge on any atom is 0.305 e. The second-order valence-corrected chi connectivity index (χ2v) is 2.07. The third-order valence-electron chi connectivity index (χ3n) is 1.00. The molecule has 0 rings (SSSR count). The minimum Gasteiger partial charge on any atom is -0.464 e. The Morgan fingerprint density at radius 1 is 1.80 bits per heavy atom. The molecule has 0 aliphatic carbocycles. The number of hydrogen-bond acceptors (Lipinski definition) is 3. The Bertz CT molecular complexity index is 148. The van der Waals surface area contributed by atoms with Gasteiger partial charge in [-0.15, -0.1) is 0 Å². The van der Waals surface area contributed by atoms with Gasteiger partial charge in [-0.2, -0.15) is 5.26 Å². The van der Waals surface area contributed by atoms with E-state index in [-0.39, 0.29) is 18.5 Å². The van der Waals surface area contributed by atoms with E-state index in [1.54, 1.807) is 13.8 Å². The Kier molecular flexibility index (Phi) is 4.30. The van der Waals surface area contributed by atoms with Crippen molar-refractivity contribution < 1.29 is 9.53 Å². The van der Waals surface area contributed by atoms with Crippen LogP contribution < -0.4 is 0 Å². The Morgan fingerprint density at radius 3 is 2.80 bits per heavy atom. The van der Waals surface area contributed by atoms with Crippen molar-refractivity contribution in [2.45, 2.75) is 20.3 Å². The summed E-state index contributed by atoms with van der Waals surface area (Å²) in [6.07, 6.45) is 0.373. The molecular formula is C7H11NO2. The monoisotopic (exact) mass is 141 g/mol. The predicted octanol–water partition coefficient (Wildman–Crippen LogP) is 1.10. The van der Waals surface area contributed by atoms with Gasteiger partial charge in [0.05, 0.1) is 12.0 Å². The molecule has 56 valence electrons. The van der Waals surface area contributed by atoms with Crippen LogP contribution in [0.5, 0.6) is 0 Å². The standard InChI is InChI=1S/C7H11NO2/c1-3-7(9)10-5-6(2)4-8/h6H,3,5H2,1-2H3. The minimum absolute atomic E-state index is 0.199. The first-order chi connectivity index (χ1) is 4.70. The van der Waals surface area contributed by atoms with Crippen molar-refractivity contribution in [1.82, 2.24) is 0 Å². The average Bonchev–Trinajstić information content (AvgIpc) is 1.99. The number of nitriles is 1. The first-order valence-corrected chi connectivity index (χ1v) is 3.26. The van der Waals surface area contributed by atoms with E-state index in [1.165, 1.54) is 0 Å². The molecule has 0 radical (unpaired) electrons. The smallest absolute Gasteiger partial charge is 0.305 e. The van der Waals surface area contributed by atoms with Crippen molar-refractivity contribution in [1.29, 1.82) is 5.26 Å². The molecule has 1 unspecified atom stereocenters. The highest BCUT2D eigenvalue weighted by atomic mass is 16.5. The second-order valence-electron chi connectivity index (χ2n) is 2.07. The Labute approximate surface area is 60.6 Å². The van der Waals surface area contributed by atoms with Gasteiger partial charge in [-0.25, -0.2) is 0 Å². The lowest BCUT2D eigenvalue weighted by Crippen LogP contribution is -2.09. The van der Waals surface area contributed by atoms with Gasteiger partial charge in [-0.3, -0.25) is 4.79 Å². The van der Waals surface area contributed by atoms with E-state index in [0.29, 0.717) is 6.42 Å². The molecule has 0 aromatic carbocycles. The first kappa shape index (κ1) is 8.96. The maximum absolute atomic E-state index is 10.5. The molecule has 0 saturated carbocycles. The van der Waals surface area contributed by atoms with Crippen LogP contribution in [0.15, 0.2) is 0 Å². The number of nitrogens with zero attached hydrogens (tertiary/aromatic N) is 1. The summed E-state index contributed by atoms with van der Waals surface area (Å²) in [5.41, 5.74) is 0. The van der Waals surface area contributed by atoms with Crippen LogP contribution in [0.25, 0.3) is 0 Å². The summed E-state index contributed by atoms with van der Waals surface area (Å²) >= 11 is 0. The van der Waals surface area contributed by atoms with Crippen LogP contribution in [0.1, 0.15) is 20.3 Å². The number of esters is 1. The highest BCUT2D eigenvalue weighted by Crippen LogP contribution is 1.94. The predicted molar refractivity (Wildman–Crippen MR) is 36.0 cm³/mol. The molecule has 0 spiro atoms. The normalized spacial score (nSPS) is 11.7. The van der Waals surface area contributed by atoms with Gasteiger partial charge in [0.1, 0.15) is 6.61 Å². The molecule has 3 nitrogen and oxygen atoms in total. The van der Waals surface area contributed by atoms with E-state index < -0.39 is 0 Å². The third kappa shape index (κ3) is 3.90. The van der Waals surface area contributed by atoms with E-state index in [4.69, 9.17) is 5.26 Å². The molecule has 1 atom stereocenters. The summed E-state index contributed by atoms with van der Waals surface area (Å²) in [5.74, 6) is -0.447. The van der Waals surface area contributed by atoms with Crippen LogP contribution in [0.4, 0.5) is 0 Å². The summed E-state index contributed by atoms with van der Waals surface area (Å²) in [6.45, 7) is 3.64. The number of ether oxygens (including phenoxy) is 1. The fourth-order valence-corrected chi connectivity index (χ4v) is 0.357. The summed E-state index contributed by atoms with van der Waals surface area (Å²) < 4.78 is 4.68. The van der Waals surface area contributed by atoms with Crippen molar-refractivity contribution >= 4 is 5.97 Å². The first-order valence-electron chi connectivity index (χ1n) is 3.26. The lowest BCUT2D eigenvalue weighted by atomic mass is 10.2. The number of carbonyl (C=O) groups is 1. The largest absolute Gasteiger partial charge is 0.464 e. The van der Waals surface area contributed by atoms with E-state index in [9.17, 15) is 4.79 Å². The zero-order valence-electron chi connectivity index (χ0n) is 6.26. The van der Waals surface area contributed by atoms with Gasteiger partial charge >= 0.3 is 5.97 Å². The SMILES string of the molecule is CCC(=O)OCC(C)C#N. The fraction of sp³-hybridized carbons (Fsp3) is 0.714. The number of hydrogen-bond donors (Lipinski definition) is 0. The van der Waals surface area contributed by atoms with Gasteiger partial charge in [0, 0.05) is 6.42 Å². The van der Waals surface area contributed by atoms with Crippen molar-refractivity contribution in [3.8, 4) is 6.07 Å². The minimum atomic E-state index is -0.248. The lowest BCUT2D eigenvalue weighted by Gasteiger charge is -2.02. The molecule has 0 heterocycles. The quantitative estimate of drug-likeness (QED) is 0.553. The van der Waals surface area contributed by atoms with Crippen LogP contribution >= 0.6 is 0 Å². The molecule has 0 aromatic heterocycles. The van der Waals surface area contributed by atoms with Crippen LogP contribution in [-0.2, 0) is 9.53 Å². The molecule has 0 aliphatic rings. The van der Waals surface area contributed by atoms with Crippen molar-refractivity contribution in [3.63, 3.8) is 0 Å². The van der Waals surface area contributed by atoms with E-state index in [2.05, 4.69) is 4.74 Å². The second kappa shape index (κ2) is 4.80. The average molecular weight is 141 g/mol. The van der Waals surface area contributed by atoms with Crippen LogP contribution in [-0.4, -0.2) is 12.6 Å². The highest BCUT2D eigenvalue weighted by molar-refractivity contribution is 5.68. The van der Waals surface area contributed by atoms with Crippen LogP contribution in [0.2, 0.25) is 0 Å². The third-order valence-corrected chi connectivity index (χ3v) is 1.00. The molecule has 0 fully saturated rings.